The number of nitrogens with zero attached hydrogens (tertiary/aromatic N) is 2. The molecule has 20 heavy (non-hydrogen) atoms. The van der Waals surface area contributed by atoms with E-state index in [9.17, 15) is 4.79 Å². The molecule has 0 aromatic carbocycles. The third kappa shape index (κ3) is 3.04. The summed E-state index contributed by atoms with van der Waals surface area (Å²) in [5.41, 5.74) is 0.548. The largest absolute Gasteiger partial charge is 0.336 e. The van der Waals surface area contributed by atoms with Gasteiger partial charge < -0.3 is 4.90 Å². The number of hydrogen-bond donors (Lipinski definition) is 0. The maximum absolute atomic E-state index is 12.4. The molecule has 0 spiro atoms. The van der Waals surface area contributed by atoms with E-state index in [0.717, 1.165) is 25.3 Å². The van der Waals surface area contributed by atoms with Crippen molar-refractivity contribution in [3.63, 3.8) is 0 Å². The number of carbonyl (C=O) groups excluding carboxylic acids is 1. The predicted molar refractivity (Wildman–Crippen MR) is 84.3 cm³/mol. The fourth-order valence-corrected chi connectivity index (χ4v) is 4.56. The van der Waals surface area contributed by atoms with Gasteiger partial charge in [-0.25, -0.2) is 0 Å². The lowest BCUT2D eigenvalue weighted by atomic mass is 10.2. The third-order valence-electron chi connectivity index (χ3n) is 3.37. The second kappa shape index (κ2) is 6.41. The third-order valence-corrected chi connectivity index (χ3v) is 5.82. The van der Waals surface area contributed by atoms with Gasteiger partial charge >= 0.3 is 0 Å². The molecule has 2 aromatic rings. The van der Waals surface area contributed by atoms with Gasteiger partial charge in [-0.1, -0.05) is 12.1 Å². The number of hydrogen-bond acceptors (Lipinski definition) is 4. The zero-order valence-corrected chi connectivity index (χ0v) is 12.7. The van der Waals surface area contributed by atoms with E-state index in [0.29, 0.717) is 10.9 Å². The lowest BCUT2D eigenvalue weighted by molar-refractivity contribution is 0.0761. The monoisotopic (exact) mass is 304 g/mol. The molecule has 0 radical (unpaired) electrons. The first-order valence-electron chi connectivity index (χ1n) is 6.70. The van der Waals surface area contributed by atoms with Gasteiger partial charge in [0.05, 0.1) is 0 Å². The number of thiophene rings is 1. The second-order valence-corrected chi connectivity index (χ2v) is 6.96. The van der Waals surface area contributed by atoms with Crippen molar-refractivity contribution in [1.29, 1.82) is 0 Å². The van der Waals surface area contributed by atoms with Crippen molar-refractivity contribution in [3.05, 3.63) is 52.5 Å². The Hall–Kier alpha value is -1.33. The van der Waals surface area contributed by atoms with E-state index in [-0.39, 0.29) is 5.91 Å². The minimum Gasteiger partial charge on any atom is -0.336 e. The molecular formula is C15H16N2OS2. The zero-order valence-electron chi connectivity index (χ0n) is 11.1. The Balaban J connectivity index is 1.67. The highest BCUT2D eigenvalue weighted by Gasteiger charge is 2.23. The highest BCUT2D eigenvalue weighted by atomic mass is 32.2. The fraction of sp³-hybridized carbons (Fsp3) is 0.333. The van der Waals surface area contributed by atoms with Crippen LogP contribution in [0.5, 0.6) is 0 Å². The van der Waals surface area contributed by atoms with Crippen LogP contribution in [0.25, 0.3) is 0 Å². The van der Waals surface area contributed by atoms with Crippen LogP contribution in [0.1, 0.15) is 27.0 Å². The van der Waals surface area contributed by atoms with Gasteiger partial charge in [0.15, 0.2) is 0 Å². The molecule has 1 atom stereocenters. The summed E-state index contributed by atoms with van der Waals surface area (Å²) in [6, 6.07) is 9.78. The van der Waals surface area contributed by atoms with Crippen LogP contribution in [0.4, 0.5) is 0 Å². The van der Waals surface area contributed by atoms with Crippen molar-refractivity contribution in [2.45, 2.75) is 11.7 Å². The zero-order chi connectivity index (χ0) is 13.8. The van der Waals surface area contributed by atoms with Crippen LogP contribution >= 0.6 is 23.1 Å². The van der Waals surface area contributed by atoms with Crippen LogP contribution < -0.4 is 0 Å². The Morgan fingerprint density at radius 2 is 2.20 bits per heavy atom. The van der Waals surface area contributed by atoms with Crippen LogP contribution in [0.15, 0.2) is 41.9 Å². The number of thioether (sulfide) groups is 1. The van der Waals surface area contributed by atoms with Crippen LogP contribution in [0.3, 0.4) is 0 Å². The molecule has 0 N–H and O–H groups in total. The number of carbonyl (C=O) groups is 1. The average Bonchev–Trinajstić information content (AvgIpc) is 2.92. The number of aromatic nitrogens is 1. The van der Waals surface area contributed by atoms with E-state index in [1.165, 1.54) is 4.88 Å². The van der Waals surface area contributed by atoms with Crippen molar-refractivity contribution in [2.24, 2.45) is 0 Å². The lowest BCUT2D eigenvalue weighted by Crippen LogP contribution is -2.33. The van der Waals surface area contributed by atoms with Gasteiger partial charge in [-0.3, -0.25) is 9.78 Å². The van der Waals surface area contributed by atoms with E-state index in [4.69, 9.17) is 0 Å². The molecule has 1 fully saturated rings. The van der Waals surface area contributed by atoms with E-state index in [1.54, 1.807) is 12.3 Å². The van der Waals surface area contributed by atoms with Crippen molar-refractivity contribution >= 4 is 29.0 Å². The first-order chi connectivity index (χ1) is 9.84. The van der Waals surface area contributed by atoms with Gasteiger partial charge in [0.2, 0.25) is 0 Å². The number of pyridine rings is 1. The molecule has 104 valence electrons. The summed E-state index contributed by atoms with van der Waals surface area (Å²) in [4.78, 5) is 19.9. The topological polar surface area (TPSA) is 33.2 Å². The quantitative estimate of drug-likeness (QED) is 0.852. The summed E-state index contributed by atoms with van der Waals surface area (Å²) in [6.45, 7) is 1.62. The predicted octanol–water partition coefficient (Wildman–Crippen LogP) is 3.46. The van der Waals surface area contributed by atoms with E-state index in [1.807, 2.05) is 40.1 Å². The molecule has 5 heteroatoms. The van der Waals surface area contributed by atoms with Crippen LogP contribution in [0, 0.1) is 0 Å². The minimum atomic E-state index is 0.0537. The average molecular weight is 304 g/mol. The molecule has 0 bridgehead atoms. The molecule has 0 unspecified atom stereocenters. The second-order valence-electron chi connectivity index (χ2n) is 4.67. The number of amides is 1. The van der Waals surface area contributed by atoms with Crippen molar-refractivity contribution < 1.29 is 4.79 Å². The lowest BCUT2D eigenvalue weighted by Gasteiger charge is -2.19. The highest BCUT2D eigenvalue weighted by Crippen LogP contribution is 2.36. The van der Waals surface area contributed by atoms with Crippen molar-refractivity contribution in [3.8, 4) is 0 Å². The highest BCUT2D eigenvalue weighted by molar-refractivity contribution is 7.99. The Labute approximate surface area is 127 Å². The first-order valence-corrected chi connectivity index (χ1v) is 8.63. The molecule has 1 saturated heterocycles. The molecule has 1 aliphatic rings. The SMILES string of the molecule is O=C(c1ccccn1)N1CCS[C@H](c2cccs2)CC1. The summed E-state index contributed by atoms with van der Waals surface area (Å²) in [6.07, 6.45) is 2.69. The molecule has 0 saturated carbocycles. The molecule has 3 heterocycles. The smallest absolute Gasteiger partial charge is 0.272 e. The molecule has 2 aromatic heterocycles. The summed E-state index contributed by atoms with van der Waals surface area (Å²) in [5.74, 6) is 1.04. The summed E-state index contributed by atoms with van der Waals surface area (Å²) in [7, 11) is 0. The maximum Gasteiger partial charge on any atom is 0.272 e. The fourth-order valence-electron chi connectivity index (χ4n) is 2.33. The first kappa shape index (κ1) is 13.6. The normalized spacial score (nSPS) is 19.6. The van der Waals surface area contributed by atoms with Gasteiger partial charge in [0, 0.05) is 35.2 Å². The van der Waals surface area contributed by atoms with Crippen LogP contribution in [-0.4, -0.2) is 34.6 Å². The molecule has 1 amide bonds. The van der Waals surface area contributed by atoms with Gasteiger partial charge in [0.25, 0.3) is 5.91 Å². The van der Waals surface area contributed by atoms with Crippen LogP contribution in [0.2, 0.25) is 0 Å². The van der Waals surface area contributed by atoms with E-state index < -0.39 is 0 Å². The molecule has 1 aliphatic heterocycles. The summed E-state index contributed by atoms with van der Waals surface area (Å²) in [5, 5.41) is 2.65. The van der Waals surface area contributed by atoms with Crippen molar-refractivity contribution in [2.75, 3.05) is 18.8 Å². The van der Waals surface area contributed by atoms with Gasteiger partial charge in [-0.15, -0.1) is 11.3 Å². The minimum absolute atomic E-state index is 0.0537. The van der Waals surface area contributed by atoms with Gasteiger partial charge in [0.1, 0.15) is 5.69 Å². The van der Waals surface area contributed by atoms with Gasteiger partial charge in [-0.05, 0) is 30.0 Å². The summed E-state index contributed by atoms with van der Waals surface area (Å²) < 4.78 is 0. The van der Waals surface area contributed by atoms with E-state index in [2.05, 4.69) is 22.5 Å². The van der Waals surface area contributed by atoms with Crippen LogP contribution in [-0.2, 0) is 0 Å². The van der Waals surface area contributed by atoms with Gasteiger partial charge in [-0.2, -0.15) is 11.8 Å². The molecule has 0 aliphatic carbocycles. The molecular weight excluding hydrogens is 288 g/mol. The van der Waals surface area contributed by atoms with Crippen molar-refractivity contribution in [1.82, 2.24) is 9.88 Å². The maximum atomic E-state index is 12.4. The van der Waals surface area contributed by atoms with E-state index >= 15 is 0 Å². The number of rotatable bonds is 2. The standard InChI is InChI=1S/C15H16N2OS2/c18-15(12-4-1-2-7-16-12)17-8-6-14(20-11-9-17)13-5-3-10-19-13/h1-5,7,10,14H,6,8-9,11H2/t14-/m0/s1. The molecule has 3 rings (SSSR count). The summed E-state index contributed by atoms with van der Waals surface area (Å²) >= 11 is 3.76. The Morgan fingerprint density at radius 3 is 2.95 bits per heavy atom. The Bertz CT molecular complexity index is 557. The Kier molecular flexibility index (Phi) is 4.38. The molecule has 3 nitrogen and oxygen atoms in total. The Morgan fingerprint density at radius 1 is 1.25 bits per heavy atom.